The van der Waals surface area contributed by atoms with E-state index in [0.717, 1.165) is 19.1 Å². The van der Waals surface area contributed by atoms with Gasteiger partial charge < -0.3 is 0 Å². The highest BCUT2D eigenvalue weighted by Gasteiger charge is 1.99. The fraction of sp³-hybridized carbons (Fsp3) is 0. The lowest BCUT2D eigenvalue weighted by molar-refractivity contribution is 1.04. The van der Waals surface area contributed by atoms with Gasteiger partial charge in [-0.3, -0.25) is 0 Å². The summed E-state index contributed by atoms with van der Waals surface area (Å²) in [6, 6.07) is 7.98. The van der Waals surface area contributed by atoms with Crippen molar-refractivity contribution < 1.29 is 0 Å². The first-order chi connectivity index (χ1) is 5.77. The summed E-state index contributed by atoms with van der Waals surface area (Å²) in [5.41, 5.74) is 0.915. The summed E-state index contributed by atoms with van der Waals surface area (Å²) in [5, 5.41) is 9.17. The van der Waals surface area contributed by atoms with Crippen LogP contribution in [0.2, 0.25) is 0 Å². The molecule has 2 nitrogen and oxygen atoms in total. The highest BCUT2D eigenvalue weighted by atomic mass is 127. The van der Waals surface area contributed by atoms with Crippen molar-refractivity contribution in [2.45, 2.75) is 0 Å². The Hall–Kier alpha value is -0.230. The zero-order valence-corrected chi connectivity index (χ0v) is 9.70. The molecule has 1 heterocycles. The molecule has 1 aromatic heterocycles. The number of hydrogen-bond donors (Lipinski definition) is 0. The van der Waals surface area contributed by atoms with Gasteiger partial charge in [-0.2, -0.15) is 0 Å². The maximum atomic E-state index is 4.08. The second-order valence-electron chi connectivity index (χ2n) is 2.34. The van der Waals surface area contributed by atoms with Crippen LogP contribution in [-0.4, -0.2) is 10.2 Å². The standard InChI is InChI=1S/C8H4BrIN2/c9-6-3-1-2-5-4-7(10)11-12-8(5)6/h1-4H. The van der Waals surface area contributed by atoms with Gasteiger partial charge in [-0.15, -0.1) is 10.2 Å². The maximum absolute atomic E-state index is 4.08. The predicted molar refractivity (Wildman–Crippen MR) is 60.0 cm³/mol. The van der Waals surface area contributed by atoms with E-state index in [0.29, 0.717) is 0 Å². The molecule has 0 aliphatic carbocycles. The van der Waals surface area contributed by atoms with Gasteiger partial charge in [0.05, 0.1) is 0 Å². The Morgan fingerprint density at radius 1 is 1.25 bits per heavy atom. The number of rotatable bonds is 0. The molecule has 0 unspecified atom stereocenters. The van der Waals surface area contributed by atoms with Gasteiger partial charge in [0.1, 0.15) is 9.22 Å². The summed E-state index contributed by atoms with van der Waals surface area (Å²) in [4.78, 5) is 0. The zero-order valence-electron chi connectivity index (χ0n) is 5.96. The lowest BCUT2D eigenvalue weighted by Gasteiger charge is -1.97. The summed E-state index contributed by atoms with van der Waals surface area (Å²) < 4.78 is 1.90. The summed E-state index contributed by atoms with van der Waals surface area (Å²) in [7, 11) is 0. The van der Waals surface area contributed by atoms with Gasteiger partial charge in [-0.1, -0.05) is 12.1 Å². The Kier molecular flexibility index (Phi) is 2.27. The average Bonchev–Trinajstić information content (AvgIpc) is 2.04. The van der Waals surface area contributed by atoms with Gasteiger partial charge in [0.15, 0.2) is 0 Å². The minimum Gasteiger partial charge on any atom is -0.148 e. The smallest absolute Gasteiger partial charge is 0.124 e. The highest BCUT2D eigenvalue weighted by Crippen LogP contribution is 2.21. The van der Waals surface area contributed by atoms with E-state index in [9.17, 15) is 0 Å². The van der Waals surface area contributed by atoms with E-state index in [2.05, 4.69) is 48.7 Å². The van der Waals surface area contributed by atoms with E-state index < -0.39 is 0 Å². The molecule has 0 atom stereocenters. The summed E-state index contributed by atoms with van der Waals surface area (Å²) in [6.45, 7) is 0. The molecule has 12 heavy (non-hydrogen) atoms. The van der Waals surface area contributed by atoms with Crippen molar-refractivity contribution in [1.82, 2.24) is 10.2 Å². The Morgan fingerprint density at radius 3 is 2.92 bits per heavy atom. The van der Waals surface area contributed by atoms with E-state index in [1.54, 1.807) is 0 Å². The predicted octanol–water partition coefficient (Wildman–Crippen LogP) is 3.00. The Balaban J connectivity index is 2.86. The first kappa shape index (κ1) is 8.37. The van der Waals surface area contributed by atoms with Gasteiger partial charge in [0.2, 0.25) is 0 Å². The van der Waals surface area contributed by atoms with Crippen LogP contribution >= 0.6 is 38.5 Å². The number of fused-ring (bicyclic) bond motifs is 1. The summed E-state index contributed by atoms with van der Waals surface area (Å²) in [6.07, 6.45) is 0. The van der Waals surface area contributed by atoms with Gasteiger partial charge in [-0.25, -0.2) is 0 Å². The summed E-state index contributed by atoms with van der Waals surface area (Å²) >= 11 is 5.57. The molecule has 0 spiro atoms. The third-order valence-corrected chi connectivity index (χ3v) is 2.71. The van der Waals surface area contributed by atoms with Gasteiger partial charge >= 0.3 is 0 Å². The van der Waals surface area contributed by atoms with E-state index in [1.165, 1.54) is 0 Å². The van der Waals surface area contributed by atoms with Crippen LogP contribution in [0, 0.1) is 3.70 Å². The minimum atomic E-state index is 0.915. The van der Waals surface area contributed by atoms with Crippen molar-refractivity contribution in [2.24, 2.45) is 0 Å². The molecule has 4 heteroatoms. The molecule has 0 saturated heterocycles. The normalized spacial score (nSPS) is 10.5. The van der Waals surface area contributed by atoms with E-state index in [4.69, 9.17) is 0 Å². The van der Waals surface area contributed by atoms with Crippen LogP contribution < -0.4 is 0 Å². The second kappa shape index (κ2) is 3.26. The number of nitrogens with zero attached hydrogens (tertiary/aromatic N) is 2. The number of hydrogen-bond acceptors (Lipinski definition) is 2. The van der Waals surface area contributed by atoms with Crippen LogP contribution in [0.4, 0.5) is 0 Å². The van der Waals surface area contributed by atoms with Gasteiger partial charge in [-0.05, 0) is 50.7 Å². The lowest BCUT2D eigenvalue weighted by atomic mass is 10.2. The fourth-order valence-electron chi connectivity index (χ4n) is 1.01. The molecule has 2 rings (SSSR count). The number of benzene rings is 1. The molecule has 0 aliphatic rings. The Bertz CT molecular complexity index is 430. The van der Waals surface area contributed by atoms with Crippen LogP contribution in [0.15, 0.2) is 28.7 Å². The third kappa shape index (κ3) is 1.45. The van der Waals surface area contributed by atoms with Crippen molar-refractivity contribution in [3.63, 3.8) is 0 Å². The molecule has 60 valence electrons. The van der Waals surface area contributed by atoms with Gasteiger partial charge in [0, 0.05) is 9.86 Å². The molecular formula is C8H4BrIN2. The largest absolute Gasteiger partial charge is 0.148 e. The van der Waals surface area contributed by atoms with Crippen LogP contribution in [0.1, 0.15) is 0 Å². The lowest BCUT2D eigenvalue weighted by Crippen LogP contribution is -1.87. The van der Waals surface area contributed by atoms with E-state index >= 15 is 0 Å². The maximum Gasteiger partial charge on any atom is 0.124 e. The minimum absolute atomic E-state index is 0.915. The monoisotopic (exact) mass is 334 g/mol. The highest BCUT2D eigenvalue weighted by molar-refractivity contribution is 14.1. The van der Waals surface area contributed by atoms with Crippen molar-refractivity contribution in [2.75, 3.05) is 0 Å². The Morgan fingerprint density at radius 2 is 2.08 bits per heavy atom. The molecule has 0 radical (unpaired) electrons. The van der Waals surface area contributed by atoms with Crippen LogP contribution in [0.5, 0.6) is 0 Å². The molecule has 2 aromatic rings. The SMILES string of the molecule is Brc1cccc2cc(I)nnc12. The van der Waals surface area contributed by atoms with Crippen LogP contribution in [-0.2, 0) is 0 Å². The number of aromatic nitrogens is 2. The van der Waals surface area contributed by atoms with Crippen molar-refractivity contribution in [3.8, 4) is 0 Å². The van der Waals surface area contributed by atoms with Gasteiger partial charge in [0.25, 0.3) is 0 Å². The van der Waals surface area contributed by atoms with E-state index in [-0.39, 0.29) is 0 Å². The van der Waals surface area contributed by atoms with Crippen LogP contribution in [0.3, 0.4) is 0 Å². The molecular weight excluding hydrogens is 331 g/mol. The fourth-order valence-corrected chi connectivity index (χ4v) is 1.91. The zero-order chi connectivity index (χ0) is 8.55. The molecule has 0 amide bonds. The quantitative estimate of drug-likeness (QED) is 0.692. The molecule has 0 N–H and O–H groups in total. The topological polar surface area (TPSA) is 25.8 Å². The summed E-state index contributed by atoms with van der Waals surface area (Å²) in [5.74, 6) is 0. The molecule has 0 fully saturated rings. The second-order valence-corrected chi connectivity index (χ2v) is 4.30. The molecule has 0 saturated carbocycles. The molecule has 1 aromatic carbocycles. The molecule has 0 aliphatic heterocycles. The number of halogens is 2. The van der Waals surface area contributed by atoms with Crippen molar-refractivity contribution >= 4 is 49.4 Å². The third-order valence-electron chi connectivity index (χ3n) is 1.54. The first-order valence-electron chi connectivity index (χ1n) is 3.35. The van der Waals surface area contributed by atoms with Crippen molar-refractivity contribution in [1.29, 1.82) is 0 Å². The van der Waals surface area contributed by atoms with Crippen molar-refractivity contribution in [3.05, 3.63) is 32.4 Å². The Labute approximate surface area is 91.7 Å². The van der Waals surface area contributed by atoms with Crippen LogP contribution in [0.25, 0.3) is 10.9 Å². The van der Waals surface area contributed by atoms with E-state index in [1.807, 2.05) is 24.3 Å². The average molecular weight is 335 g/mol. The first-order valence-corrected chi connectivity index (χ1v) is 5.22. The molecule has 0 bridgehead atoms.